The van der Waals surface area contributed by atoms with Gasteiger partial charge in [0.05, 0.1) is 11.3 Å². The molecule has 0 fully saturated rings. The average molecular weight is 423 g/mol. The number of nitrogens with zero attached hydrogens (tertiary/aromatic N) is 2. The van der Waals surface area contributed by atoms with Crippen molar-refractivity contribution in [2.45, 2.75) is 37.0 Å². The molecule has 1 aliphatic carbocycles. The highest BCUT2D eigenvalue weighted by molar-refractivity contribution is 6.20. The second-order valence-electron chi connectivity index (χ2n) is 8.81. The molecular formula is C26H21N3O3. The van der Waals surface area contributed by atoms with Crippen LogP contribution in [0.5, 0.6) is 0 Å². The molecule has 0 saturated carbocycles. The van der Waals surface area contributed by atoms with Gasteiger partial charge >= 0.3 is 0 Å². The predicted octanol–water partition coefficient (Wildman–Crippen LogP) is 3.34. The maximum Gasteiger partial charge on any atom is 0.247 e. The summed E-state index contributed by atoms with van der Waals surface area (Å²) >= 11 is 0. The summed E-state index contributed by atoms with van der Waals surface area (Å²) in [5, 5.41) is 10.1. The number of carbonyl (C=O) groups is 2. The maximum absolute atomic E-state index is 14.1. The summed E-state index contributed by atoms with van der Waals surface area (Å²) in [7, 11) is 0. The molecule has 2 N–H and O–H groups in total. The first-order chi connectivity index (χ1) is 15.6. The number of nitriles is 1. The molecule has 6 nitrogen and oxygen atoms in total. The molecule has 2 atom stereocenters. The fourth-order valence-corrected chi connectivity index (χ4v) is 5.94. The lowest BCUT2D eigenvalue weighted by Gasteiger charge is -2.39. The lowest BCUT2D eigenvalue weighted by atomic mass is 9.63. The average Bonchev–Trinajstić information content (AvgIpc) is 3.05. The summed E-state index contributed by atoms with van der Waals surface area (Å²) in [6.07, 6.45) is 2.41. The molecule has 6 rings (SSSR count). The number of ether oxygens (including phenoxy) is 1. The molecule has 1 amide bonds. The number of amides is 1. The Kier molecular flexibility index (Phi) is 3.88. The number of aryl methyl sites for hydroxylation is 1. The van der Waals surface area contributed by atoms with E-state index in [1.807, 2.05) is 48.5 Å². The quantitative estimate of drug-likeness (QED) is 0.759. The van der Waals surface area contributed by atoms with E-state index in [-0.39, 0.29) is 35.5 Å². The van der Waals surface area contributed by atoms with Crippen LogP contribution in [0.15, 0.2) is 71.3 Å². The van der Waals surface area contributed by atoms with Gasteiger partial charge in [-0.05, 0) is 29.9 Å². The number of anilines is 1. The number of Topliss-reactive ketones (excluding diaryl/α,β-unsaturated/α-hetero) is 1. The topological polar surface area (TPSA) is 96.4 Å². The summed E-state index contributed by atoms with van der Waals surface area (Å²) in [4.78, 5) is 29.5. The van der Waals surface area contributed by atoms with Crippen LogP contribution in [0, 0.1) is 11.3 Å². The molecule has 0 bridgehead atoms. The zero-order valence-electron chi connectivity index (χ0n) is 17.4. The number of carbonyl (C=O) groups excluding carboxylic acids is 2. The van der Waals surface area contributed by atoms with Gasteiger partial charge in [-0.2, -0.15) is 5.26 Å². The van der Waals surface area contributed by atoms with Gasteiger partial charge < -0.3 is 15.4 Å². The highest BCUT2D eigenvalue weighted by Gasteiger charge is 2.63. The van der Waals surface area contributed by atoms with Gasteiger partial charge in [-0.25, -0.2) is 0 Å². The van der Waals surface area contributed by atoms with Crippen LogP contribution in [0.25, 0.3) is 0 Å². The Morgan fingerprint density at radius 1 is 1.09 bits per heavy atom. The van der Waals surface area contributed by atoms with Crippen molar-refractivity contribution in [3.05, 3.63) is 88.0 Å². The Morgan fingerprint density at radius 3 is 2.69 bits per heavy atom. The van der Waals surface area contributed by atoms with E-state index in [1.54, 1.807) is 4.90 Å². The number of hydrogen-bond donors (Lipinski definition) is 1. The molecule has 0 unspecified atom stereocenters. The fraction of sp³-hybridized carbons (Fsp3) is 0.269. The lowest BCUT2D eigenvalue weighted by molar-refractivity contribution is -0.125. The van der Waals surface area contributed by atoms with Crippen LogP contribution < -0.4 is 10.6 Å². The Morgan fingerprint density at radius 2 is 1.91 bits per heavy atom. The van der Waals surface area contributed by atoms with Crippen molar-refractivity contribution >= 4 is 17.4 Å². The molecule has 3 aliphatic heterocycles. The van der Waals surface area contributed by atoms with E-state index in [2.05, 4.69) is 6.07 Å². The van der Waals surface area contributed by atoms with Crippen LogP contribution in [0.4, 0.5) is 5.69 Å². The van der Waals surface area contributed by atoms with Crippen molar-refractivity contribution < 1.29 is 14.3 Å². The maximum atomic E-state index is 14.1. The van der Waals surface area contributed by atoms with E-state index in [0.29, 0.717) is 29.9 Å². The van der Waals surface area contributed by atoms with E-state index in [9.17, 15) is 14.9 Å². The van der Waals surface area contributed by atoms with E-state index in [0.717, 1.165) is 29.7 Å². The molecule has 0 aromatic heterocycles. The highest BCUT2D eigenvalue weighted by atomic mass is 16.5. The molecule has 1 spiro atoms. The molecule has 0 saturated heterocycles. The largest absolute Gasteiger partial charge is 0.444 e. The van der Waals surface area contributed by atoms with Crippen LogP contribution in [-0.4, -0.2) is 18.2 Å². The number of para-hydroxylation sites is 1. The molecular weight excluding hydrogens is 402 g/mol. The van der Waals surface area contributed by atoms with Crippen molar-refractivity contribution in [2.75, 3.05) is 11.4 Å². The van der Waals surface area contributed by atoms with Crippen LogP contribution >= 0.6 is 0 Å². The van der Waals surface area contributed by atoms with E-state index in [4.69, 9.17) is 10.5 Å². The molecule has 0 radical (unpaired) electrons. The van der Waals surface area contributed by atoms with Crippen molar-refractivity contribution in [1.29, 1.82) is 5.26 Å². The van der Waals surface area contributed by atoms with E-state index < -0.39 is 5.41 Å². The zero-order valence-corrected chi connectivity index (χ0v) is 17.4. The van der Waals surface area contributed by atoms with E-state index >= 15 is 0 Å². The third-order valence-electron chi connectivity index (χ3n) is 7.22. The van der Waals surface area contributed by atoms with Crippen molar-refractivity contribution in [2.24, 2.45) is 5.73 Å². The standard InChI is InChI=1S/C26H21N3O3/c27-14-19-24(28)32-21-13-17(15-6-2-1-3-7-15)12-20(30)22(21)26(19)18-10-4-8-16-9-5-11-29(23(16)18)25(26)31/h1-4,6-8,10,17H,5,9,11-13,28H2/t17-,26+/m0/s1. The molecule has 32 heavy (non-hydrogen) atoms. The summed E-state index contributed by atoms with van der Waals surface area (Å²) < 4.78 is 5.90. The molecule has 3 heterocycles. The van der Waals surface area contributed by atoms with Gasteiger partial charge in [0, 0.05) is 24.9 Å². The minimum atomic E-state index is -1.51. The van der Waals surface area contributed by atoms with Gasteiger partial charge in [0.1, 0.15) is 22.8 Å². The summed E-state index contributed by atoms with van der Waals surface area (Å²) in [5.74, 6) is -0.159. The normalized spacial score (nSPS) is 26.1. The van der Waals surface area contributed by atoms with Crippen LogP contribution in [0.2, 0.25) is 0 Å². The van der Waals surface area contributed by atoms with Crippen LogP contribution in [0.1, 0.15) is 41.9 Å². The Bertz CT molecular complexity index is 1300. The first-order valence-electron chi connectivity index (χ1n) is 10.9. The van der Waals surface area contributed by atoms with Crippen LogP contribution in [-0.2, 0) is 26.2 Å². The number of allylic oxidation sites excluding steroid dienone is 1. The van der Waals surface area contributed by atoms with Crippen LogP contribution in [0.3, 0.4) is 0 Å². The fourth-order valence-electron chi connectivity index (χ4n) is 5.94. The number of benzene rings is 2. The first-order valence-corrected chi connectivity index (χ1v) is 10.9. The Labute approximate surface area is 185 Å². The van der Waals surface area contributed by atoms with Gasteiger partial charge in [-0.15, -0.1) is 0 Å². The third kappa shape index (κ3) is 2.23. The second kappa shape index (κ2) is 6.57. The Hall–Kier alpha value is -3.85. The lowest BCUT2D eigenvalue weighted by Crippen LogP contribution is -2.49. The minimum Gasteiger partial charge on any atom is -0.444 e. The smallest absolute Gasteiger partial charge is 0.247 e. The van der Waals surface area contributed by atoms with Gasteiger partial charge in [0.15, 0.2) is 5.78 Å². The molecule has 158 valence electrons. The highest BCUT2D eigenvalue weighted by Crippen LogP contribution is 2.58. The number of rotatable bonds is 1. The number of nitrogens with two attached hydrogens (primary N) is 1. The van der Waals surface area contributed by atoms with Gasteiger partial charge in [0.2, 0.25) is 11.8 Å². The molecule has 4 aliphatic rings. The van der Waals surface area contributed by atoms with Gasteiger partial charge in [-0.1, -0.05) is 48.5 Å². The first kappa shape index (κ1) is 18.9. The van der Waals surface area contributed by atoms with Crippen molar-refractivity contribution in [1.82, 2.24) is 0 Å². The van der Waals surface area contributed by atoms with Gasteiger partial charge in [-0.3, -0.25) is 9.59 Å². The number of hydrogen-bond acceptors (Lipinski definition) is 5. The summed E-state index contributed by atoms with van der Waals surface area (Å²) in [6, 6.07) is 17.7. The summed E-state index contributed by atoms with van der Waals surface area (Å²) in [5.41, 5.74) is 8.68. The van der Waals surface area contributed by atoms with Crippen molar-refractivity contribution in [3.63, 3.8) is 0 Å². The number of fused-ring (bicyclic) bond motifs is 2. The predicted molar refractivity (Wildman–Crippen MR) is 117 cm³/mol. The monoisotopic (exact) mass is 423 g/mol. The molecule has 6 heteroatoms. The Balaban J connectivity index is 1.61. The SMILES string of the molecule is N#CC1=C(N)OC2=C(C(=O)C[C@H](c3ccccc3)C2)[C@]12C(=O)N1CCCc3cccc2c31. The third-order valence-corrected chi connectivity index (χ3v) is 7.22. The molecule has 2 aromatic rings. The van der Waals surface area contributed by atoms with Crippen molar-refractivity contribution in [3.8, 4) is 6.07 Å². The summed E-state index contributed by atoms with van der Waals surface area (Å²) in [6.45, 7) is 0.563. The van der Waals surface area contributed by atoms with E-state index in [1.165, 1.54) is 0 Å². The second-order valence-corrected chi connectivity index (χ2v) is 8.81. The zero-order chi connectivity index (χ0) is 22.0. The minimum absolute atomic E-state index is 0.0237. The molecule has 2 aromatic carbocycles. The van der Waals surface area contributed by atoms with Gasteiger partial charge in [0.25, 0.3) is 0 Å². The number of ketones is 1.